The van der Waals surface area contributed by atoms with Crippen LogP contribution >= 0.6 is 0 Å². The lowest BCUT2D eigenvalue weighted by molar-refractivity contribution is 0.393. The fourth-order valence-corrected chi connectivity index (χ4v) is 1.93. The summed E-state index contributed by atoms with van der Waals surface area (Å²) >= 11 is 0. The molecule has 2 aromatic heterocycles. The number of anilines is 1. The van der Waals surface area contributed by atoms with Gasteiger partial charge in [-0.05, 0) is 19.4 Å². The average molecular weight is 249 g/mol. The molecule has 0 aromatic carbocycles. The zero-order valence-electron chi connectivity index (χ0n) is 11.3. The Morgan fingerprint density at radius 3 is 2.89 bits per heavy atom. The second-order valence-corrected chi connectivity index (χ2v) is 4.17. The first-order chi connectivity index (χ1) is 8.65. The summed E-state index contributed by atoms with van der Waals surface area (Å²) in [4.78, 5) is 0. The maximum Gasteiger partial charge on any atom is 0.256 e. The van der Waals surface area contributed by atoms with E-state index in [0.717, 1.165) is 12.2 Å². The Labute approximate surface area is 107 Å². The van der Waals surface area contributed by atoms with Crippen LogP contribution < -0.4 is 10.1 Å². The molecule has 2 aromatic rings. The van der Waals surface area contributed by atoms with E-state index in [1.165, 1.54) is 11.3 Å². The monoisotopic (exact) mass is 249 g/mol. The van der Waals surface area contributed by atoms with Gasteiger partial charge in [0, 0.05) is 13.6 Å². The molecule has 1 N–H and O–H groups in total. The van der Waals surface area contributed by atoms with Crippen molar-refractivity contribution in [2.45, 2.75) is 26.9 Å². The summed E-state index contributed by atoms with van der Waals surface area (Å²) in [5, 5.41) is 11.9. The fourth-order valence-electron chi connectivity index (χ4n) is 1.93. The van der Waals surface area contributed by atoms with E-state index in [4.69, 9.17) is 4.74 Å². The van der Waals surface area contributed by atoms with Gasteiger partial charge in [-0.15, -0.1) is 5.10 Å². The van der Waals surface area contributed by atoms with Crippen LogP contribution in [0.3, 0.4) is 0 Å². The summed E-state index contributed by atoms with van der Waals surface area (Å²) in [6.45, 7) is 5.73. The maximum absolute atomic E-state index is 5.21. The van der Waals surface area contributed by atoms with Gasteiger partial charge in [0.05, 0.1) is 31.7 Å². The molecule has 6 heteroatoms. The smallest absolute Gasteiger partial charge is 0.256 e. The average Bonchev–Trinajstić information content (AvgIpc) is 2.89. The van der Waals surface area contributed by atoms with Crippen LogP contribution in [0, 0.1) is 6.92 Å². The lowest BCUT2D eigenvalue weighted by atomic mass is 10.2. The summed E-state index contributed by atoms with van der Waals surface area (Å²) in [7, 11) is 3.49. The van der Waals surface area contributed by atoms with Crippen LogP contribution in [0.2, 0.25) is 0 Å². The van der Waals surface area contributed by atoms with Crippen molar-refractivity contribution in [1.29, 1.82) is 0 Å². The minimum atomic E-state index is 0.609. The molecule has 0 fully saturated rings. The zero-order chi connectivity index (χ0) is 13.1. The van der Waals surface area contributed by atoms with E-state index >= 15 is 0 Å². The molecule has 0 unspecified atom stereocenters. The number of aryl methyl sites for hydroxylation is 3. The highest BCUT2D eigenvalue weighted by molar-refractivity contribution is 5.51. The zero-order valence-corrected chi connectivity index (χ0v) is 11.3. The van der Waals surface area contributed by atoms with Crippen molar-refractivity contribution >= 4 is 5.69 Å². The first-order valence-electron chi connectivity index (χ1n) is 5.98. The predicted molar refractivity (Wildman–Crippen MR) is 69.7 cm³/mol. The molecule has 0 saturated heterocycles. The van der Waals surface area contributed by atoms with Crippen LogP contribution in [0.15, 0.2) is 12.4 Å². The molecule has 0 aliphatic carbocycles. The molecule has 2 heterocycles. The van der Waals surface area contributed by atoms with Crippen molar-refractivity contribution in [3.63, 3.8) is 0 Å². The van der Waals surface area contributed by atoms with E-state index in [-0.39, 0.29) is 0 Å². The van der Waals surface area contributed by atoms with Gasteiger partial charge in [-0.2, -0.15) is 5.10 Å². The Bertz CT molecular complexity index is 529. The number of nitrogens with one attached hydrogen (secondary N) is 1. The van der Waals surface area contributed by atoms with Gasteiger partial charge in [0.1, 0.15) is 5.69 Å². The van der Waals surface area contributed by atoms with Gasteiger partial charge in [0.25, 0.3) is 5.88 Å². The van der Waals surface area contributed by atoms with E-state index in [9.17, 15) is 0 Å². The van der Waals surface area contributed by atoms with Gasteiger partial charge in [-0.25, -0.2) is 0 Å². The highest BCUT2D eigenvalue weighted by Gasteiger charge is 2.10. The number of methoxy groups -OCH3 is 1. The molecule has 2 rings (SSSR count). The molecule has 0 atom stereocenters. The van der Waals surface area contributed by atoms with Crippen molar-refractivity contribution in [3.8, 4) is 5.88 Å². The van der Waals surface area contributed by atoms with Crippen molar-refractivity contribution in [3.05, 3.63) is 23.7 Å². The van der Waals surface area contributed by atoms with E-state index < -0.39 is 0 Å². The van der Waals surface area contributed by atoms with Crippen LogP contribution in [0.25, 0.3) is 0 Å². The molecule has 0 bridgehead atoms. The predicted octanol–water partition coefficient (Wildman–Crippen LogP) is 1.57. The number of nitrogens with zero attached hydrogens (tertiary/aromatic N) is 4. The van der Waals surface area contributed by atoms with Gasteiger partial charge >= 0.3 is 0 Å². The molecular formula is C12H19N5O. The normalized spacial score (nSPS) is 10.7. The Kier molecular flexibility index (Phi) is 3.55. The first kappa shape index (κ1) is 12.5. The van der Waals surface area contributed by atoms with E-state index in [1.54, 1.807) is 11.8 Å². The Balaban J connectivity index is 2.13. The number of hydrogen-bond acceptors (Lipinski definition) is 4. The number of hydrogen-bond donors (Lipinski definition) is 1. The van der Waals surface area contributed by atoms with Crippen LogP contribution in [0.1, 0.15) is 18.2 Å². The summed E-state index contributed by atoms with van der Waals surface area (Å²) in [5.41, 5.74) is 3.26. The summed E-state index contributed by atoms with van der Waals surface area (Å²) in [6, 6.07) is 0. The summed E-state index contributed by atoms with van der Waals surface area (Å²) < 4.78 is 8.92. The number of ether oxygens (including phenoxy) is 1. The van der Waals surface area contributed by atoms with Crippen LogP contribution in [0.5, 0.6) is 5.88 Å². The molecule has 18 heavy (non-hydrogen) atoms. The third-order valence-corrected chi connectivity index (χ3v) is 2.89. The van der Waals surface area contributed by atoms with Crippen LogP contribution in [0.4, 0.5) is 5.69 Å². The number of rotatable bonds is 5. The molecule has 0 spiro atoms. The maximum atomic E-state index is 5.21. The minimum Gasteiger partial charge on any atom is -0.478 e. The quantitative estimate of drug-likeness (QED) is 0.873. The molecule has 0 amide bonds. The fraction of sp³-hybridized carbons (Fsp3) is 0.500. The lowest BCUT2D eigenvalue weighted by Crippen LogP contribution is -2.09. The molecule has 0 saturated carbocycles. The van der Waals surface area contributed by atoms with Crippen LogP contribution in [-0.4, -0.2) is 26.7 Å². The van der Waals surface area contributed by atoms with Crippen LogP contribution in [-0.2, 0) is 20.1 Å². The van der Waals surface area contributed by atoms with Gasteiger partial charge in [0.15, 0.2) is 0 Å². The summed E-state index contributed by atoms with van der Waals surface area (Å²) in [5.74, 6) is 0.609. The van der Waals surface area contributed by atoms with E-state index in [0.29, 0.717) is 12.4 Å². The standard InChI is InChI=1S/C12H19N5O/c1-5-17-11(9(2)6-14-17)7-13-10-8-16(3)15-12(10)18-4/h6,8,13H,5,7H2,1-4H3. The molecule has 98 valence electrons. The summed E-state index contributed by atoms with van der Waals surface area (Å²) in [6.07, 6.45) is 3.79. The molecule has 0 aliphatic rings. The Morgan fingerprint density at radius 1 is 1.44 bits per heavy atom. The number of aromatic nitrogens is 4. The van der Waals surface area contributed by atoms with Gasteiger partial charge < -0.3 is 10.1 Å². The first-order valence-corrected chi connectivity index (χ1v) is 5.98. The molecule has 0 aliphatic heterocycles. The Hall–Kier alpha value is -1.98. The topological polar surface area (TPSA) is 56.9 Å². The molecular weight excluding hydrogens is 230 g/mol. The largest absolute Gasteiger partial charge is 0.478 e. The van der Waals surface area contributed by atoms with E-state index in [2.05, 4.69) is 29.4 Å². The van der Waals surface area contributed by atoms with E-state index in [1.807, 2.05) is 24.1 Å². The third-order valence-electron chi connectivity index (χ3n) is 2.89. The van der Waals surface area contributed by atoms with Crippen molar-refractivity contribution in [1.82, 2.24) is 19.6 Å². The Morgan fingerprint density at radius 2 is 2.22 bits per heavy atom. The molecule has 0 radical (unpaired) electrons. The van der Waals surface area contributed by atoms with Gasteiger partial charge in [-0.3, -0.25) is 9.36 Å². The van der Waals surface area contributed by atoms with Crippen molar-refractivity contribution in [2.75, 3.05) is 12.4 Å². The minimum absolute atomic E-state index is 0.609. The van der Waals surface area contributed by atoms with Crippen molar-refractivity contribution in [2.24, 2.45) is 7.05 Å². The third kappa shape index (κ3) is 2.32. The highest BCUT2D eigenvalue weighted by Crippen LogP contribution is 2.22. The van der Waals surface area contributed by atoms with Gasteiger partial charge in [-0.1, -0.05) is 0 Å². The second kappa shape index (κ2) is 5.12. The lowest BCUT2D eigenvalue weighted by Gasteiger charge is -2.08. The van der Waals surface area contributed by atoms with Crippen molar-refractivity contribution < 1.29 is 4.74 Å². The SMILES string of the molecule is CCn1ncc(C)c1CNc1cn(C)nc1OC. The second-order valence-electron chi connectivity index (χ2n) is 4.17. The molecule has 6 nitrogen and oxygen atoms in total. The van der Waals surface area contributed by atoms with Gasteiger partial charge in [0.2, 0.25) is 0 Å². The highest BCUT2D eigenvalue weighted by atomic mass is 16.5.